The van der Waals surface area contributed by atoms with Crippen LogP contribution in [0, 0.1) is 5.92 Å². The molecule has 1 saturated heterocycles. The van der Waals surface area contributed by atoms with E-state index >= 15 is 0 Å². The number of amides is 1. The number of sulfone groups is 1. The van der Waals surface area contributed by atoms with Crippen LogP contribution in [-0.4, -0.2) is 33.2 Å². The van der Waals surface area contributed by atoms with E-state index in [9.17, 15) is 13.2 Å². The first-order valence-corrected chi connectivity index (χ1v) is 10.8. The molecule has 0 unspecified atom stereocenters. The Hall–Kier alpha value is -2.38. The lowest BCUT2D eigenvalue weighted by molar-refractivity contribution is -0.120. The largest absolute Gasteiger partial charge is 0.456 e. The van der Waals surface area contributed by atoms with Gasteiger partial charge < -0.3 is 15.4 Å². The minimum absolute atomic E-state index is 0.00896. The van der Waals surface area contributed by atoms with Crippen LogP contribution in [0.1, 0.15) is 19.8 Å². The fraction of sp³-hybridized carbons (Fsp3) is 0.350. The van der Waals surface area contributed by atoms with Gasteiger partial charge in [-0.25, -0.2) is 8.42 Å². The number of piperidine rings is 1. The van der Waals surface area contributed by atoms with E-state index in [4.69, 9.17) is 4.74 Å². The summed E-state index contributed by atoms with van der Waals surface area (Å²) in [7, 11) is -3.37. The lowest BCUT2D eigenvalue weighted by atomic mass is 9.97. The Morgan fingerprint density at radius 1 is 1.11 bits per heavy atom. The molecule has 0 spiro atoms. The molecule has 1 heterocycles. The van der Waals surface area contributed by atoms with Crippen molar-refractivity contribution in [1.82, 2.24) is 5.32 Å². The number of hydrogen-bond donors (Lipinski definition) is 2. The number of nitrogens with one attached hydrogen (secondary N) is 2. The fourth-order valence-corrected chi connectivity index (χ4v) is 4.02. The molecule has 27 heavy (non-hydrogen) atoms. The van der Waals surface area contributed by atoms with Gasteiger partial charge in [0.1, 0.15) is 16.4 Å². The van der Waals surface area contributed by atoms with Crippen molar-refractivity contribution in [3.05, 3.63) is 48.5 Å². The number of rotatable bonds is 6. The summed E-state index contributed by atoms with van der Waals surface area (Å²) in [6.07, 6.45) is 1.69. The molecule has 2 N–H and O–H groups in total. The van der Waals surface area contributed by atoms with E-state index in [0.29, 0.717) is 17.2 Å². The van der Waals surface area contributed by atoms with Gasteiger partial charge in [-0.1, -0.05) is 19.1 Å². The maximum absolute atomic E-state index is 12.3. The Bertz CT molecular complexity index is 888. The van der Waals surface area contributed by atoms with Crippen LogP contribution in [0.4, 0.5) is 5.69 Å². The third-order valence-electron chi connectivity index (χ3n) is 4.62. The van der Waals surface area contributed by atoms with E-state index in [1.807, 2.05) is 0 Å². The standard InChI is InChI=1S/C20H24N2O4S/c1-2-27(24,25)19-6-4-3-5-18(19)26-17-9-7-16(8-10-17)22-20(23)15-11-13-21-14-12-15/h3-10,15,21H,2,11-14H2,1H3,(H,22,23). The summed E-state index contributed by atoms with van der Waals surface area (Å²) in [6, 6.07) is 13.5. The van der Waals surface area contributed by atoms with E-state index in [-0.39, 0.29) is 22.5 Å². The second kappa shape index (κ2) is 8.54. The van der Waals surface area contributed by atoms with Crippen LogP contribution >= 0.6 is 0 Å². The monoisotopic (exact) mass is 388 g/mol. The molecule has 1 aliphatic rings. The zero-order valence-electron chi connectivity index (χ0n) is 15.3. The second-order valence-corrected chi connectivity index (χ2v) is 8.74. The van der Waals surface area contributed by atoms with Crippen molar-refractivity contribution in [2.75, 3.05) is 24.2 Å². The van der Waals surface area contributed by atoms with E-state index in [0.717, 1.165) is 25.9 Å². The summed E-state index contributed by atoms with van der Waals surface area (Å²) in [4.78, 5) is 12.5. The van der Waals surface area contributed by atoms with Gasteiger partial charge in [0.2, 0.25) is 5.91 Å². The Balaban J connectivity index is 1.69. The van der Waals surface area contributed by atoms with Gasteiger partial charge in [0.25, 0.3) is 0 Å². The zero-order valence-corrected chi connectivity index (χ0v) is 16.1. The van der Waals surface area contributed by atoms with Crippen molar-refractivity contribution in [2.24, 2.45) is 5.92 Å². The number of anilines is 1. The number of benzene rings is 2. The van der Waals surface area contributed by atoms with Crippen LogP contribution in [0.3, 0.4) is 0 Å². The summed E-state index contributed by atoms with van der Waals surface area (Å²) in [5, 5.41) is 6.17. The third kappa shape index (κ3) is 4.87. The van der Waals surface area contributed by atoms with Gasteiger partial charge in [-0.15, -0.1) is 0 Å². The Kier molecular flexibility index (Phi) is 6.13. The quantitative estimate of drug-likeness (QED) is 0.794. The molecule has 0 aromatic heterocycles. The van der Waals surface area contributed by atoms with Gasteiger partial charge in [0.05, 0.1) is 5.75 Å². The average Bonchev–Trinajstić information content (AvgIpc) is 2.70. The first-order chi connectivity index (χ1) is 13.0. The molecule has 6 nitrogen and oxygen atoms in total. The highest BCUT2D eigenvalue weighted by atomic mass is 32.2. The number of para-hydroxylation sites is 1. The molecule has 0 atom stereocenters. The maximum Gasteiger partial charge on any atom is 0.227 e. The summed E-state index contributed by atoms with van der Waals surface area (Å²) in [6.45, 7) is 3.34. The topological polar surface area (TPSA) is 84.5 Å². The minimum atomic E-state index is -3.37. The number of carbonyl (C=O) groups excluding carboxylic acids is 1. The van der Waals surface area contributed by atoms with Crippen LogP contribution in [0.2, 0.25) is 0 Å². The van der Waals surface area contributed by atoms with Crippen molar-refractivity contribution in [2.45, 2.75) is 24.7 Å². The van der Waals surface area contributed by atoms with E-state index < -0.39 is 9.84 Å². The Morgan fingerprint density at radius 3 is 2.44 bits per heavy atom. The van der Waals surface area contributed by atoms with E-state index in [2.05, 4.69) is 10.6 Å². The zero-order chi connectivity index (χ0) is 19.3. The molecule has 7 heteroatoms. The molecule has 3 rings (SSSR count). The molecule has 0 bridgehead atoms. The van der Waals surface area contributed by atoms with Crippen LogP contribution in [0.5, 0.6) is 11.5 Å². The van der Waals surface area contributed by atoms with Crippen molar-refractivity contribution < 1.29 is 17.9 Å². The van der Waals surface area contributed by atoms with Crippen molar-refractivity contribution in [3.8, 4) is 11.5 Å². The van der Waals surface area contributed by atoms with E-state index in [1.165, 1.54) is 0 Å². The summed E-state index contributed by atoms with van der Waals surface area (Å²) in [5.74, 6) is 0.881. The van der Waals surface area contributed by atoms with Gasteiger partial charge in [-0.2, -0.15) is 0 Å². The molecule has 1 amide bonds. The van der Waals surface area contributed by atoms with Crippen molar-refractivity contribution >= 4 is 21.4 Å². The van der Waals surface area contributed by atoms with Gasteiger partial charge >= 0.3 is 0 Å². The molecule has 2 aromatic rings. The average molecular weight is 388 g/mol. The summed E-state index contributed by atoms with van der Waals surface area (Å²) in [5.41, 5.74) is 0.695. The molecular formula is C20H24N2O4S. The van der Waals surface area contributed by atoms with Gasteiger partial charge in [0.15, 0.2) is 9.84 Å². The number of carbonyl (C=O) groups is 1. The van der Waals surface area contributed by atoms with Crippen LogP contribution in [0.15, 0.2) is 53.4 Å². The predicted octanol–water partition coefficient (Wildman–Crippen LogP) is 3.21. The number of ether oxygens (including phenoxy) is 1. The smallest absolute Gasteiger partial charge is 0.227 e. The fourth-order valence-electron chi connectivity index (χ4n) is 3.01. The lowest BCUT2D eigenvalue weighted by Crippen LogP contribution is -2.34. The van der Waals surface area contributed by atoms with Crippen LogP contribution < -0.4 is 15.4 Å². The van der Waals surface area contributed by atoms with Crippen molar-refractivity contribution in [1.29, 1.82) is 0 Å². The maximum atomic E-state index is 12.3. The lowest BCUT2D eigenvalue weighted by Gasteiger charge is -2.21. The highest BCUT2D eigenvalue weighted by molar-refractivity contribution is 7.91. The Labute approximate surface area is 159 Å². The molecule has 0 radical (unpaired) electrons. The van der Waals surface area contributed by atoms with Gasteiger partial charge in [0, 0.05) is 11.6 Å². The molecule has 0 saturated carbocycles. The van der Waals surface area contributed by atoms with Crippen LogP contribution in [-0.2, 0) is 14.6 Å². The van der Waals surface area contributed by atoms with Crippen molar-refractivity contribution in [3.63, 3.8) is 0 Å². The first kappa shape index (κ1) is 19.4. The minimum Gasteiger partial charge on any atom is -0.456 e. The highest BCUT2D eigenvalue weighted by Gasteiger charge is 2.21. The predicted molar refractivity (Wildman–Crippen MR) is 105 cm³/mol. The molecular weight excluding hydrogens is 364 g/mol. The first-order valence-electron chi connectivity index (χ1n) is 9.11. The molecule has 1 aliphatic heterocycles. The normalized spacial score (nSPS) is 15.3. The highest BCUT2D eigenvalue weighted by Crippen LogP contribution is 2.30. The van der Waals surface area contributed by atoms with Gasteiger partial charge in [-0.3, -0.25) is 4.79 Å². The number of hydrogen-bond acceptors (Lipinski definition) is 5. The molecule has 2 aromatic carbocycles. The van der Waals surface area contributed by atoms with Gasteiger partial charge in [-0.05, 0) is 62.3 Å². The third-order valence-corrected chi connectivity index (χ3v) is 6.39. The molecule has 1 fully saturated rings. The summed E-state index contributed by atoms with van der Waals surface area (Å²) >= 11 is 0. The summed E-state index contributed by atoms with van der Waals surface area (Å²) < 4.78 is 30.2. The Morgan fingerprint density at radius 2 is 1.78 bits per heavy atom. The van der Waals surface area contributed by atoms with E-state index in [1.54, 1.807) is 55.5 Å². The molecule has 0 aliphatic carbocycles. The molecule has 144 valence electrons. The second-order valence-electron chi connectivity index (χ2n) is 6.49. The SMILES string of the molecule is CCS(=O)(=O)c1ccccc1Oc1ccc(NC(=O)C2CCNCC2)cc1. The van der Waals surface area contributed by atoms with Crippen LogP contribution in [0.25, 0.3) is 0 Å².